The summed E-state index contributed by atoms with van der Waals surface area (Å²) in [6.45, 7) is 0. The Kier molecular flexibility index (Phi) is 4.04. The number of hydrogen-bond donors (Lipinski definition) is 2. The van der Waals surface area contributed by atoms with Gasteiger partial charge in [0, 0.05) is 46.6 Å². The van der Waals surface area contributed by atoms with Crippen molar-refractivity contribution in [3.8, 4) is 11.1 Å². The Morgan fingerprint density at radius 2 is 1.76 bits per heavy atom. The summed E-state index contributed by atoms with van der Waals surface area (Å²) >= 11 is 6.04. The van der Waals surface area contributed by atoms with Gasteiger partial charge in [0.1, 0.15) is 0 Å². The molecule has 0 aliphatic heterocycles. The van der Waals surface area contributed by atoms with Gasteiger partial charge in [0.25, 0.3) is 0 Å². The van der Waals surface area contributed by atoms with E-state index in [9.17, 15) is 0 Å². The van der Waals surface area contributed by atoms with Gasteiger partial charge in [-0.2, -0.15) is 0 Å². The molecular formula is C20H17ClN4. The van der Waals surface area contributed by atoms with Gasteiger partial charge in [0.2, 0.25) is 0 Å². The van der Waals surface area contributed by atoms with Crippen molar-refractivity contribution in [3.63, 3.8) is 0 Å². The minimum Gasteiger partial charge on any atom is -0.399 e. The van der Waals surface area contributed by atoms with Crippen LogP contribution in [0.2, 0.25) is 5.02 Å². The lowest BCUT2D eigenvalue weighted by Crippen LogP contribution is -2.11. The fourth-order valence-electron chi connectivity index (χ4n) is 3.09. The molecular weight excluding hydrogens is 332 g/mol. The molecule has 0 amide bonds. The molecule has 3 N–H and O–H groups in total. The molecule has 1 atom stereocenters. The SMILES string of the molecule is Nc1ccc(C(c2c[nH]cc2-c2ccc(Cl)cc2)n2ccnc2)cc1. The number of benzene rings is 2. The van der Waals surface area contributed by atoms with Crippen LogP contribution in [0.25, 0.3) is 11.1 Å². The molecule has 0 radical (unpaired) electrons. The van der Waals surface area contributed by atoms with Crippen LogP contribution in [0.3, 0.4) is 0 Å². The number of aromatic amines is 1. The second-order valence-corrected chi connectivity index (χ2v) is 6.35. The van der Waals surface area contributed by atoms with Gasteiger partial charge in [-0.25, -0.2) is 4.98 Å². The number of nitrogens with two attached hydrogens (primary N) is 1. The number of rotatable bonds is 4. The van der Waals surface area contributed by atoms with E-state index in [-0.39, 0.29) is 6.04 Å². The number of hydrogen-bond acceptors (Lipinski definition) is 2. The smallest absolute Gasteiger partial charge is 0.0954 e. The predicted molar refractivity (Wildman–Crippen MR) is 102 cm³/mol. The summed E-state index contributed by atoms with van der Waals surface area (Å²) in [5.41, 5.74) is 11.2. The quantitative estimate of drug-likeness (QED) is 0.523. The van der Waals surface area contributed by atoms with Crippen molar-refractivity contribution in [2.24, 2.45) is 0 Å². The maximum atomic E-state index is 6.04. The van der Waals surface area contributed by atoms with Crippen molar-refractivity contribution >= 4 is 17.3 Å². The maximum Gasteiger partial charge on any atom is 0.0954 e. The second-order valence-electron chi connectivity index (χ2n) is 5.91. The second kappa shape index (κ2) is 6.49. The van der Waals surface area contributed by atoms with Crippen molar-refractivity contribution in [2.75, 3.05) is 5.73 Å². The van der Waals surface area contributed by atoms with Crippen LogP contribution in [0.1, 0.15) is 17.2 Å². The number of anilines is 1. The first kappa shape index (κ1) is 15.5. The zero-order chi connectivity index (χ0) is 17.2. The summed E-state index contributed by atoms with van der Waals surface area (Å²) in [4.78, 5) is 7.46. The third kappa shape index (κ3) is 3.04. The summed E-state index contributed by atoms with van der Waals surface area (Å²) in [5.74, 6) is 0. The van der Waals surface area contributed by atoms with Gasteiger partial charge in [-0.05, 0) is 35.4 Å². The van der Waals surface area contributed by atoms with Gasteiger partial charge in [-0.15, -0.1) is 0 Å². The molecule has 124 valence electrons. The maximum absolute atomic E-state index is 6.04. The van der Waals surface area contributed by atoms with Gasteiger partial charge in [0.15, 0.2) is 0 Å². The molecule has 25 heavy (non-hydrogen) atoms. The van der Waals surface area contributed by atoms with Crippen molar-refractivity contribution in [1.82, 2.24) is 14.5 Å². The van der Waals surface area contributed by atoms with Crippen molar-refractivity contribution < 1.29 is 0 Å². The lowest BCUT2D eigenvalue weighted by atomic mass is 9.94. The molecule has 5 heteroatoms. The molecule has 4 aromatic rings. The van der Waals surface area contributed by atoms with E-state index in [0.29, 0.717) is 0 Å². The minimum atomic E-state index is 0.0000260. The lowest BCUT2D eigenvalue weighted by Gasteiger charge is -2.20. The fourth-order valence-corrected chi connectivity index (χ4v) is 3.22. The third-order valence-electron chi connectivity index (χ3n) is 4.30. The van der Waals surface area contributed by atoms with Crippen LogP contribution in [-0.2, 0) is 0 Å². The molecule has 2 aromatic carbocycles. The van der Waals surface area contributed by atoms with Gasteiger partial charge in [0.05, 0.1) is 12.4 Å². The van der Waals surface area contributed by atoms with E-state index >= 15 is 0 Å². The predicted octanol–water partition coefficient (Wildman–Crippen LogP) is 4.75. The highest BCUT2D eigenvalue weighted by atomic mass is 35.5. The number of nitrogens with one attached hydrogen (secondary N) is 1. The monoisotopic (exact) mass is 348 g/mol. The molecule has 4 nitrogen and oxygen atoms in total. The summed E-state index contributed by atoms with van der Waals surface area (Å²) < 4.78 is 2.09. The third-order valence-corrected chi connectivity index (χ3v) is 4.55. The van der Waals surface area contributed by atoms with E-state index in [1.807, 2.05) is 61.3 Å². The molecule has 1 unspecified atom stereocenters. The zero-order valence-corrected chi connectivity index (χ0v) is 14.2. The Hall–Kier alpha value is -2.98. The number of imidazole rings is 1. The number of halogens is 1. The fraction of sp³-hybridized carbons (Fsp3) is 0.0500. The highest BCUT2D eigenvalue weighted by molar-refractivity contribution is 6.30. The normalized spacial score (nSPS) is 12.2. The van der Waals surface area contributed by atoms with Gasteiger partial charge < -0.3 is 15.3 Å². The first-order valence-corrected chi connectivity index (χ1v) is 8.35. The summed E-state index contributed by atoms with van der Waals surface area (Å²) in [5, 5.41) is 0.727. The van der Waals surface area contributed by atoms with Crippen LogP contribution in [-0.4, -0.2) is 14.5 Å². The highest BCUT2D eigenvalue weighted by Gasteiger charge is 2.20. The molecule has 0 fully saturated rings. The Morgan fingerprint density at radius 3 is 2.44 bits per heavy atom. The number of nitrogen functional groups attached to an aromatic ring is 1. The molecule has 2 aromatic heterocycles. The van der Waals surface area contributed by atoms with Crippen LogP contribution in [0.4, 0.5) is 5.69 Å². The Balaban J connectivity index is 1.85. The molecule has 0 aliphatic carbocycles. The number of nitrogens with zero attached hydrogens (tertiary/aromatic N) is 2. The Morgan fingerprint density at radius 1 is 1.00 bits per heavy atom. The molecule has 0 spiro atoms. The average molecular weight is 349 g/mol. The lowest BCUT2D eigenvalue weighted by molar-refractivity contribution is 0.679. The van der Waals surface area contributed by atoms with Crippen LogP contribution in [0.15, 0.2) is 79.6 Å². The topological polar surface area (TPSA) is 59.6 Å². The summed E-state index contributed by atoms with van der Waals surface area (Å²) in [6, 6.07) is 15.8. The van der Waals surface area contributed by atoms with E-state index in [2.05, 4.69) is 26.7 Å². The molecule has 4 rings (SSSR count). The molecule has 0 saturated heterocycles. The van der Waals surface area contributed by atoms with Crippen LogP contribution in [0.5, 0.6) is 0 Å². The standard InChI is InChI=1S/C20H17ClN4/c21-16-5-1-14(2-6-16)18-11-24-12-19(18)20(25-10-9-23-13-25)15-3-7-17(22)8-4-15/h1-13,20,24H,22H2. The van der Waals surface area contributed by atoms with E-state index in [0.717, 1.165) is 33.0 Å². The first-order valence-electron chi connectivity index (χ1n) is 7.98. The van der Waals surface area contributed by atoms with Gasteiger partial charge in [-0.3, -0.25) is 0 Å². The summed E-state index contributed by atoms with van der Waals surface area (Å²) in [7, 11) is 0. The largest absolute Gasteiger partial charge is 0.399 e. The molecule has 0 bridgehead atoms. The highest BCUT2D eigenvalue weighted by Crippen LogP contribution is 2.35. The van der Waals surface area contributed by atoms with Crippen molar-refractivity contribution in [2.45, 2.75) is 6.04 Å². The first-order chi connectivity index (χ1) is 12.2. The van der Waals surface area contributed by atoms with Gasteiger partial charge >= 0.3 is 0 Å². The zero-order valence-electron chi connectivity index (χ0n) is 13.4. The van der Waals surface area contributed by atoms with Crippen molar-refractivity contribution in [3.05, 3.63) is 95.8 Å². The summed E-state index contributed by atoms with van der Waals surface area (Å²) in [6.07, 6.45) is 9.64. The Labute approximate surface area is 150 Å². The van der Waals surface area contributed by atoms with E-state index in [4.69, 9.17) is 17.3 Å². The molecule has 2 heterocycles. The average Bonchev–Trinajstić information content (AvgIpc) is 3.30. The van der Waals surface area contributed by atoms with E-state index in [1.54, 1.807) is 6.20 Å². The number of aromatic nitrogens is 3. The van der Waals surface area contributed by atoms with Gasteiger partial charge in [-0.1, -0.05) is 35.9 Å². The molecule has 0 aliphatic rings. The Bertz CT molecular complexity index is 954. The van der Waals surface area contributed by atoms with Crippen LogP contribution < -0.4 is 5.73 Å². The van der Waals surface area contributed by atoms with Crippen LogP contribution >= 0.6 is 11.6 Å². The number of H-pyrrole nitrogens is 1. The van der Waals surface area contributed by atoms with E-state index < -0.39 is 0 Å². The minimum absolute atomic E-state index is 0.0000260. The van der Waals surface area contributed by atoms with Crippen molar-refractivity contribution in [1.29, 1.82) is 0 Å². The molecule has 0 saturated carbocycles. The van der Waals surface area contributed by atoms with Crippen LogP contribution in [0, 0.1) is 0 Å². The van der Waals surface area contributed by atoms with E-state index in [1.165, 1.54) is 0 Å².